The molecule has 51 heavy (non-hydrogen) atoms. The second-order valence-electron chi connectivity index (χ2n) is 13.9. The Labute approximate surface area is 316 Å². The summed E-state index contributed by atoms with van der Waals surface area (Å²) in [5.74, 6) is -1.31. The molecular formula is C42H90N2O7. The summed E-state index contributed by atoms with van der Waals surface area (Å²) in [7, 11) is 0. The summed E-state index contributed by atoms with van der Waals surface area (Å²) in [6.45, 7) is 6.43. The highest BCUT2D eigenvalue weighted by atomic mass is 16.4. The number of carboxylic acids is 2. The van der Waals surface area contributed by atoms with E-state index >= 15 is 0 Å². The number of rotatable bonds is 37. The predicted molar refractivity (Wildman–Crippen MR) is 218 cm³/mol. The van der Waals surface area contributed by atoms with E-state index in [0.29, 0.717) is 32.5 Å². The summed E-state index contributed by atoms with van der Waals surface area (Å²) in [4.78, 5) is 20.7. The van der Waals surface area contributed by atoms with Crippen LogP contribution in [0.5, 0.6) is 0 Å². The molecular weight excluding hydrogens is 644 g/mol. The highest BCUT2D eigenvalue weighted by Gasteiger charge is 1.98. The predicted octanol–water partition coefficient (Wildman–Crippen LogP) is 10.2. The molecule has 0 aliphatic rings. The maximum Gasteiger partial charge on any atom is 0.303 e. The molecule has 310 valence electrons. The van der Waals surface area contributed by atoms with E-state index in [1.165, 1.54) is 167 Å². The van der Waals surface area contributed by atoms with Gasteiger partial charge in [0, 0.05) is 32.5 Å². The van der Waals surface area contributed by atoms with E-state index < -0.39 is 11.9 Å². The molecule has 0 rings (SSSR count). The third-order valence-electron chi connectivity index (χ3n) is 8.69. The standard InChI is InChI=1S/2C18H36O2.C4H11NO2.C2H7NO/c2*1-2-3-4-5-6-7-8-9-10-11-12-13-14-15-16-17-18(19)20;6-3-1-5-2-4-7;3-1-2-4/h2*2-17H2,1H3,(H,19,20);5-7H,1-4H2;4H,1-3H2. The molecule has 0 fully saturated rings. The van der Waals surface area contributed by atoms with Crippen molar-refractivity contribution in [1.29, 1.82) is 0 Å². The molecule has 9 heteroatoms. The second kappa shape index (κ2) is 58.1. The fourth-order valence-electron chi connectivity index (χ4n) is 5.58. The van der Waals surface area contributed by atoms with Crippen molar-refractivity contribution in [1.82, 2.24) is 5.32 Å². The summed E-state index contributed by atoms with van der Waals surface area (Å²) in [6.07, 6.45) is 40.4. The summed E-state index contributed by atoms with van der Waals surface area (Å²) in [5, 5.41) is 43.9. The maximum atomic E-state index is 10.3. The lowest BCUT2D eigenvalue weighted by Gasteiger charge is -2.03. The van der Waals surface area contributed by atoms with Gasteiger partial charge in [-0.25, -0.2) is 0 Å². The van der Waals surface area contributed by atoms with E-state index in [0.717, 1.165) is 25.7 Å². The molecule has 0 saturated heterocycles. The SMILES string of the molecule is CCCCCCCCCCCCCCCCCC(=O)O.CCCCCCCCCCCCCCCCCC(=O)O.NCCO.OCCNCCO. The van der Waals surface area contributed by atoms with E-state index in [1.807, 2.05) is 0 Å². The van der Waals surface area contributed by atoms with Gasteiger partial charge in [-0.1, -0.05) is 194 Å². The average Bonchev–Trinajstić information content (AvgIpc) is 3.12. The minimum absolute atomic E-state index is 0.0972. The minimum atomic E-state index is -0.653. The van der Waals surface area contributed by atoms with Crippen LogP contribution in [0.4, 0.5) is 0 Å². The number of unbranched alkanes of at least 4 members (excludes halogenated alkanes) is 28. The van der Waals surface area contributed by atoms with Crippen molar-refractivity contribution in [3.63, 3.8) is 0 Å². The third-order valence-corrected chi connectivity index (χ3v) is 8.69. The van der Waals surface area contributed by atoms with E-state index in [2.05, 4.69) is 19.2 Å². The van der Waals surface area contributed by atoms with Gasteiger partial charge in [0.05, 0.1) is 19.8 Å². The van der Waals surface area contributed by atoms with Crippen LogP contribution < -0.4 is 11.1 Å². The van der Waals surface area contributed by atoms with Crippen molar-refractivity contribution in [2.24, 2.45) is 5.73 Å². The van der Waals surface area contributed by atoms with Gasteiger partial charge in [-0.3, -0.25) is 9.59 Å². The Morgan fingerprint density at radius 1 is 0.392 bits per heavy atom. The minimum Gasteiger partial charge on any atom is -0.481 e. The molecule has 0 unspecified atom stereocenters. The first-order valence-electron chi connectivity index (χ1n) is 21.5. The lowest BCUT2D eigenvalue weighted by atomic mass is 10.0. The number of aliphatic hydroxyl groups excluding tert-OH is 3. The lowest BCUT2D eigenvalue weighted by Crippen LogP contribution is -2.21. The van der Waals surface area contributed by atoms with Crippen LogP contribution in [0.25, 0.3) is 0 Å². The molecule has 0 spiro atoms. The number of aliphatic hydroxyl groups is 3. The molecule has 0 aliphatic carbocycles. The molecule has 9 nitrogen and oxygen atoms in total. The molecule has 8 N–H and O–H groups in total. The molecule has 0 heterocycles. The van der Waals surface area contributed by atoms with Crippen LogP contribution in [0.2, 0.25) is 0 Å². The Bertz CT molecular complexity index is 562. The van der Waals surface area contributed by atoms with Crippen LogP contribution in [-0.2, 0) is 9.59 Å². The van der Waals surface area contributed by atoms with E-state index in [-0.39, 0.29) is 19.8 Å². The zero-order chi connectivity index (χ0) is 38.7. The van der Waals surface area contributed by atoms with Crippen molar-refractivity contribution in [3.05, 3.63) is 0 Å². The van der Waals surface area contributed by atoms with E-state index in [1.54, 1.807) is 0 Å². The Morgan fingerprint density at radius 2 is 0.588 bits per heavy atom. The summed E-state index contributed by atoms with van der Waals surface area (Å²) < 4.78 is 0. The molecule has 0 amide bonds. The van der Waals surface area contributed by atoms with Crippen molar-refractivity contribution in [3.8, 4) is 0 Å². The van der Waals surface area contributed by atoms with Gasteiger partial charge in [-0.05, 0) is 12.8 Å². The first-order valence-corrected chi connectivity index (χ1v) is 21.5. The monoisotopic (exact) mass is 735 g/mol. The van der Waals surface area contributed by atoms with Gasteiger partial charge in [-0.15, -0.1) is 0 Å². The normalized spacial score (nSPS) is 10.4. The topological polar surface area (TPSA) is 173 Å². The number of nitrogens with one attached hydrogen (secondary N) is 1. The highest BCUT2D eigenvalue weighted by Crippen LogP contribution is 2.15. The largest absolute Gasteiger partial charge is 0.481 e. The Hall–Kier alpha value is -1.26. The van der Waals surface area contributed by atoms with Crippen molar-refractivity contribution in [2.45, 2.75) is 219 Å². The number of nitrogens with two attached hydrogens (primary N) is 1. The number of hydrogen-bond acceptors (Lipinski definition) is 7. The van der Waals surface area contributed by atoms with Crippen molar-refractivity contribution >= 4 is 11.9 Å². The highest BCUT2D eigenvalue weighted by molar-refractivity contribution is 5.66. The fraction of sp³-hybridized carbons (Fsp3) is 0.952. The maximum absolute atomic E-state index is 10.3. The van der Waals surface area contributed by atoms with Crippen LogP contribution in [-0.4, -0.2) is 76.9 Å². The molecule has 0 aromatic carbocycles. The molecule has 0 aromatic heterocycles. The fourth-order valence-corrected chi connectivity index (χ4v) is 5.58. The lowest BCUT2D eigenvalue weighted by molar-refractivity contribution is -0.138. The Morgan fingerprint density at radius 3 is 0.745 bits per heavy atom. The molecule has 0 saturated carbocycles. The molecule has 0 radical (unpaired) electrons. The van der Waals surface area contributed by atoms with Crippen LogP contribution >= 0.6 is 0 Å². The zero-order valence-corrected chi connectivity index (χ0v) is 34.0. The van der Waals surface area contributed by atoms with Gasteiger partial charge in [-0.2, -0.15) is 0 Å². The van der Waals surface area contributed by atoms with Crippen molar-refractivity contribution in [2.75, 3.05) is 39.5 Å². The first kappa shape index (κ1) is 56.5. The first-order chi connectivity index (χ1) is 24.9. The Kier molecular flexibility index (Phi) is 64.3. The van der Waals surface area contributed by atoms with Crippen LogP contribution in [0.3, 0.4) is 0 Å². The zero-order valence-electron chi connectivity index (χ0n) is 34.0. The van der Waals surface area contributed by atoms with Gasteiger partial charge in [0.2, 0.25) is 0 Å². The molecule has 0 atom stereocenters. The average molecular weight is 735 g/mol. The van der Waals surface area contributed by atoms with Gasteiger partial charge >= 0.3 is 11.9 Å². The summed E-state index contributed by atoms with van der Waals surface area (Å²) in [5.41, 5.74) is 4.78. The number of carbonyl (C=O) groups is 2. The Balaban J connectivity index is -0.000000335. The van der Waals surface area contributed by atoms with Gasteiger partial charge in [0.15, 0.2) is 0 Å². The number of hydrogen-bond donors (Lipinski definition) is 7. The van der Waals surface area contributed by atoms with E-state index in [4.69, 9.17) is 31.3 Å². The van der Waals surface area contributed by atoms with Crippen molar-refractivity contribution < 1.29 is 35.1 Å². The summed E-state index contributed by atoms with van der Waals surface area (Å²) in [6, 6.07) is 0. The summed E-state index contributed by atoms with van der Waals surface area (Å²) >= 11 is 0. The van der Waals surface area contributed by atoms with Crippen LogP contribution in [0.1, 0.15) is 219 Å². The van der Waals surface area contributed by atoms with Crippen LogP contribution in [0.15, 0.2) is 0 Å². The number of aliphatic carboxylic acids is 2. The quantitative estimate of drug-likeness (QED) is 0.0307. The van der Waals surface area contributed by atoms with Gasteiger partial charge in [0.25, 0.3) is 0 Å². The van der Waals surface area contributed by atoms with Crippen LogP contribution in [0, 0.1) is 0 Å². The van der Waals surface area contributed by atoms with Gasteiger partial charge in [0.1, 0.15) is 0 Å². The third kappa shape index (κ3) is 74.8. The smallest absolute Gasteiger partial charge is 0.303 e. The van der Waals surface area contributed by atoms with Gasteiger partial charge < -0.3 is 36.6 Å². The molecule has 0 bridgehead atoms. The van der Waals surface area contributed by atoms with E-state index in [9.17, 15) is 9.59 Å². The molecule has 0 aliphatic heterocycles. The molecule has 0 aromatic rings. The number of carboxylic acid groups (broad SMARTS) is 2. The second-order valence-corrected chi connectivity index (χ2v) is 13.9.